The molecule has 0 bridgehead atoms. The molecule has 132 valence electrons. The number of phenolic OH excluding ortho intramolecular Hbond substituents is 2. The van der Waals surface area contributed by atoms with Crippen molar-refractivity contribution in [1.29, 1.82) is 0 Å². The van der Waals surface area contributed by atoms with Crippen molar-refractivity contribution in [1.82, 2.24) is 5.43 Å². The Morgan fingerprint density at radius 3 is 2.48 bits per heavy atom. The zero-order valence-electron chi connectivity index (χ0n) is 12.3. The molecule has 5 nitrogen and oxygen atoms in total. The first kappa shape index (κ1) is 18.8. The molecular weight excluding hydrogens is 379 g/mol. The number of nitrogens with one attached hydrogen (secondary N) is 2. The number of rotatable bonds is 3. The number of hydrogen-bond acceptors (Lipinski definition) is 4. The molecule has 0 aliphatic rings. The maximum absolute atomic E-state index is 12.7. The predicted octanol–water partition coefficient (Wildman–Crippen LogP) is 4.09. The van der Waals surface area contributed by atoms with Crippen molar-refractivity contribution in [3.05, 3.63) is 52.5 Å². The van der Waals surface area contributed by atoms with Gasteiger partial charge >= 0.3 is 6.18 Å². The number of hydrogen-bond donors (Lipinski definition) is 4. The molecule has 2 aromatic carbocycles. The molecule has 0 saturated heterocycles. The van der Waals surface area contributed by atoms with E-state index >= 15 is 0 Å². The first-order valence-electron chi connectivity index (χ1n) is 6.65. The summed E-state index contributed by atoms with van der Waals surface area (Å²) >= 11 is 10.8. The van der Waals surface area contributed by atoms with E-state index < -0.39 is 11.7 Å². The zero-order chi connectivity index (χ0) is 18.6. The third-order valence-corrected chi connectivity index (χ3v) is 3.44. The lowest BCUT2D eigenvalue weighted by atomic mass is 10.2. The molecule has 0 radical (unpaired) electrons. The highest BCUT2D eigenvalue weighted by atomic mass is 35.5. The van der Waals surface area contributed by atoms with E-state index in [2.05, 4.69) is 15.8 Å². The Hall–Kier alpha value is -2.52. The van der Waals surface area contributed by atoms with Crippen LogP contribution in [-0.2, 0) is 6.18 Å². The summed E-state index contributed by atoms with van der Waals surface area (Å²) in [4.78, 5) is 0. The molecule has 4 N–H and O–H groups in total. The van der Waals surface area contributed by atoms with E-state index in [4.69, 9.17) is 23.8 Å². The van der Waals surface area contributed by atoms with E-state index in [1.54, 1.807) is 0 Å². The lowest BCUT2D eigenvalue weighted by Gasteiger charge is -2.12. The van der Waals surface area contributed by atoms with Gasteiger partial charge in [-0.2, -0.15) is 18.3 Å². The van der Waals surface area contributed by atoms with Gasteiger partial charge in [0.25, 0.3) is 0 Å². The molecule has 0 fully saturated rings. The highest BCUT2D eigenvalue weighted by molar-refractivity contribution is 7.80. The normalized spacial score (nSPS) is 11.5. The third-order valence-electron chi connectivity index (χ3n) is 2.92. The molecule has 0 aliphatic heterocycles. The molecule has 0 saturated carbocycles. The zero-order valence-corrected chi connectivity index (χ0v) is 13.9. The fourth-order valence-electron chi connectivity index (χ4n) is 1.73. The summed E-state index contributed by atoms with van der Waals surface area (Å²) in [5.74, 6) is -0.595. The molecule has 0 atom stereocenters. The molecule has 0 amide bonds. The van der Waals surface area contributed by atoms with E-state index in [1.807, 2.05) is 0 Å². The van der Waals surface area contributed by atoms with Crippen LogP contribution < -0.4 is 10.7 Å². The number of benzene rings is 2. The van der Waals surface area contributed by atoms with Gasteiger partial charge in [0.05, 0.1) is 22.5 Å². The molecule has 2 aromatic rings. The van der Waals surface area contributed by atoms with Crippen LogP contribution in [0.2, 0.25) is 5.02 Å². The number of hydrazone groups is 1. The summed E-state index contributed by atoms with van der Waals surface area (Å²) in [6.45, 7) is 0. The first-order valence-corrected chi connectivity index (χ1v) is 7.44. The second kappa shape index (κ2) is 7.58. The highest BCUT2D eigenvalue weighted by Gasteiger charge is 2.31. The van der Waals surface area contributed by atoms with Gasteiger partial charge in [-0.05, 0) is 54.2 Å². The van der Waals surface area contributed by atoms with Gasteiger partial charge in [0.1, 0.15) is 0 Å². The summed E-state index contributed by atoms with van der Waals surface area (Å²) in [6.07, 6.45) is -3.21. The Kier molecular flexibility index (Phi) is 5.70. The Morgan fingerprint density at radius 1 is 1.12 bits per heavy atom. The first-order chi connectivity index (χ1) is 11.7. The van der Waals surface area contributed by atoms with Gasteiger partial charge in [0, 0.05) is 0 Å². The monoisotopic (exact) mass is 389 g/mol. The Bertz CT molecular complexity index is 828. The molecule has 2 rings (SSSR count). The van der Waals surface area contributed by atoms with E-state index in [0.29, 0.717) is 5.56 Å². The smallest absolute Gasteiger partial charge is 0.416 e. The Labute approximate surface area is 150 Å². The fourth-order valence-corrected chi connectivity index (χ4v) is 2.06. The average Bonchev–Trinajstić information content (AvgIpc) is 2.52. The third kappa shape index (κ3) is 5.23. The van der Waals surface area contributed by atoms with Crippen LogP contribution in [0.25, 0.3) is 0 Å². The number of anilines is 1. The van der Waals surface area contributed by atoms with Gasteiger partial charge in [-0.15, -0.1) is 0 Å². The lowest BCUT2D eigenvalue weighted by Crippen LogP contribution is -2.24. The largest absolute Gasteiger partial charge is 0.504 e. The minimum Gasteiger partial charge on any atom is -0.504 e. The van der Waals surface area contributed by atoms with Gasteiger partial charge in [0.15, 0.2) is 16.6 Å². The van der Waals surface area contributed by atoms with Crippen LogP contribution in [0.1, 0.15) is 11.1 Å². The summed E-state index contributed by atoms with van der Waals surface area (Å²) in [7, 11) is 0. The molecular formula is C15H11ClF3N3O2S. The van der Waals surface area contributed by atoms with Crippen molar-refractivity contribution >= 4 is 40.8 Å². The maximum Gasteiger partial charge on any atom is 0.416 e. The molecule has 10 heteroatoms. The van der Waals surface area contributed by atoms with Crippen molar-refractivity contribution in [3.63, 3.8) is 0 Å². The predicted molar refractivity (Wildman–Crippen MR) is 93.2 cm³/mol. The fraction of sp³-hybridized carbons (Fsp3) is 0.0667. The summed E-state index contributed by atoms with van der Waals surface area (Å²) in [5, 5.41) is 24.8. The van der Waals surface area contributed by atoms with Crippen LogP contribution in [0.4, 0.5) is 18.9 Å². The minimum absolute atomic E-state index is 0.0218. The van der Waals surface area contributed by atoms with E-state index in [0.717, 1.165) is 18.2 Å². The van der Waals surface area contributed by atoms with Gasteiger partial charge in [0.2, 0.25) is 0 Å². The number of phenols is 2. The molecule has 0 unspecified atom stereocenters. The van der Waals surface area contributed by atoms with Crippen LogP contribution in [0.5, 0.6) is 11.5 Å². The van der Waals surface area contributed by atoms with Crippen LogP contribution in [-0.4, -0.2) is 21.5 Å². The number of aromatic hydroxyl groups is 2. The van der Waals surface area contributed by atoms with Crippen molar-refractivity contribution < 1.29 is 23.4 Å². The number of nitrogens with zero attached hydrogens (tertiary/aromatic N) is 1. The van der Waals surface area contributed by atoms with Gasteiger partial charge in [-0.3, -0.25) is 5.43 Å². The standard InChI is InChI=1S/C15H11ClF3N3O2S/c16-10-3-2-9(15(17,18)19)6-11(10)21-14(25)22-20-7-8-1-4-12(23)13(24)5-8/h1-7,23-24H,(H2,21,22,25)/b20-7+. The quantitative estimate of drug-likeness (QED) is 0.275. The topological polar surface area (TPSA) is 76.9 Å². The Morgan fingerprint density at radius 2 is 1.84 bits per heavy atom. The van der Waals surface area contributed by atoms with Crippen LogP contribution in [0.3, 0.4) is 0 Å². The molecule has 0 heterocycles. The van der Waals surface area contributed by atoms with Gasteiger partial charge < -0.3 is 15.5 Å². The second-order valence-electron chi connectivity index (χ2n) is 4.76. The molecule has 0 aromatic heterocycles. The summed E-state index contributed by atoms with van der Waals surface area (Å²) < 4.78 is 38.1. The van der Waals surface area contributed by atoms with Crippen LogP contribution >= 0.6 is 23.8 Å². The van der Waals surface area contributed by atoms with Crippen molar-refractivity contribution in [2.75, 3.05) is 5.32 Å². The second-order valence-corrected chi connectivity index (χ2v) is 5.58. The molecule has 0 spiro atoms. The highest BCUT2D eigenvalue weighted by Crippen LogP contribution is 2.33. The molecule has 25 heavy (non-hydrogen) atoms. The molecule has 0 aliphatic carbocycles. The SMILES string of the molecule is Oc1ccc(/C=N/NC(=S)Nc2cc(C(F)(F)F)ccc2Cl)cc1O. The minimum atomic E-state index is -4.50. The van der Waals surface area contributed by atoms with Crippen molar-refractivity contribution in [3.8, 4) is 11.5 Å². The van der Waals surface area contributed by atoms with Gasteiger partial charge in [-0.25, -0.2) is 0 Å². The van der Waals surface area contributed by atoms with Crippen LogP contribution in [0.15, 0.2) is 41.5 Å². The van der Waals surface area contributed by atoms with E-state index in [1.165, 1.54) is 24.4 Å². The van der Waals surface area contributed by atoms with E-state index in [-0.39, 0.29) is 27.3 Å². The number of halogens is 4. The maximum atomic E-state index is 12.7. The summed E-state index contributed by atoms with van der Waals surface area (Å²) in [5.41, 5.74) is 1.97. The Balaban J connectivity index is 2.02. The van der Waals surface area contributed by atoms with E-state index in [9.17, 15) is 23.4 Å². The lowest BCUT2D eigenvalue weighted by molar-refractivity contribution is -0.137. The number of alkyl halides is 3. The average molecular weight is 390 g/mol. The van der Waals surface area contributed by atoms with Crippen molar-refractivity contribution in [2.24, 2.45) is 5.10 Å². The van der Waals surface area contributed by atoms with Gasteiger partial charge in [-0.1, -0.05) is 11.6 Å². The number of thiocarbonyl (C=S) groups is 1. The van der Waals surface area contributed by atoms with Crippen molar-refractivity contribution in [2.45, 2.75) is 6.18 Å². The van der Waals surface area contributed by atoms with Crippen LogP contribution in [0, 0.1) is 0 Å². The summed E-state index contributed by atoms with van der Waals surface area (Å²) in [6, 6.07) is 6.83.